The fourth-order valence-corrected chi connectivity index (χ4v) is 3.39. The van der Waals surface area contributed by atoms with Crippen molar-refractivity contribution in [2.45, 2.75) is 6.92 Å². The van der Waals surface area contributed by atoms with Gasteiger partial charge in [0.15, 0.2) is 6.61 Å². The normalized spacial score (nSPS) is 10.5. The summed E-state index contributed by atoms with van der Waals surface area (Å²) in [5, 5.41) is 4.53. The van der Waals surface area contributed by atoms with Gasteiger partial charge >= 0.3 is 5.97 Å². The van der Waals surface area contributed by atoms with Crippen LogP contribution in [-0.2, 0) is 4.74 Å². The Morgan fingerprint density at radius 3 is 2.31 bits per heavy atom. The van der Waals surface area contributed by atoms with Gasteiger partial charge in [-0.25, -0.2) is 4.79 Å². The van der Waals surface area contributed by atoms with Crippen LogP contribution in [0.1, 0.15) is 36.6 Å². The second kappa shape index (κ2) is 9.27. The average molecular weight is 423 g/mol. The summed E-state index contributed by atoms with van der Waals surface area (Å²) in [6, 6.07) is 26.6. The molecule has 32 heavy (non-hydrogen) atoms. The van der Waals surface area contributed by atoms with Crippen LogP contribution in [0.4, 0.5) is 5.69 Å². The minimum Gasteiger partial charge on any atom is -0.454 e. The van der Waals surface area contributed by atoms with Crippen molar-refractivity contribution in [3.63, 3.8) is 0 Å². The monoisotopic (exact) mass is 423 g/mol. The standard InChI is InChI=1S/C27H21NO4/c1-18-12-14-20(15-13-18)26(30)28-22-9-4-8-21(16-22)27(31)32-17-25(29)24-11-5-7-19-6-2-3-10-23(19)24/h2-16H,17H2,1H3,(H,28,30). The van der Waals surface area contributed by atoms with Gasteiger partial charge in [0.2, 0.25) is 5.78 Å². The Kier molecular flexibility index (Phi) is 6.08. The summed E-state index contributed by atoms with van der Waals surface area (Å²) in [4.78, 5) is 37.6. The first-order valence-corrected chi connectivity index (χ1v) is 10.2. The van der Waals surface area contributed by atoms with E-state index in [1.54, 1.807) is 42.5 Å². The Balaban J connectivity index is 1.42. The zero-order chi connectivity index (χ0) is 22.5. The van der Waals surface area contributed by atoms with E-state index in [2.05, 4.69) is 5.32 Å². The molecule has 0 aliphatic carbocycles. The lowest BCUT2D eigenvalue weighted by atomic mass is 10.0. The van der Waals surface area contributed by atoms with E-state index in [0.29, 0.717) is 16.8 Å². The van der Waals surface area contributed by atoms with Crippen molar-refractivity contribution in [2.75, 3.05) is 11.9 Å². The molecule has 0 unspecified atom stereocenters. The van der Waals surface area contributed by atoms with E-state index < -0.39 is 5.97 Å². The number of anilines is 1. The molecule has 4 aromatic rings. The maximum absolute atomic E-state index is 12.7. The quantitative estimate of drug-likeness (QED) is 0.331. The van der Waals surface area contributed by atoms with Crippen molar-refractivity contribution in [3.05, 3.63) is 113 Å². The molecule has 4 rings (SSSR count). The molecule has 0 radical (unpaired) electrons. The van der Waals surface area contributed by atoms with Crippen LogP contribution in [0.25, 0.3) is 10.8 Å². The molecule has 0 aromatic heterocycles. The van der Waals surface area contributed by atoms with Crippen molar-refractivity contribution in [1.29, 1.82) is 0 Å². The largest absolute Gasteiger partial charge is 0.454 e. The predicted molar refractivity (Wildman–Crippen MR) is 124 cm³/mol. The second-order valence-corrected chi connectivity index (χ2v) is 7.43. The minimum atomic E-state index is -0.634. The first-order chi connectivity index (χ1) is 15.5. The van der Waals surface area contributed by atoms with Gasteiger partial charge in [0, 0.05) is 16.8 Å². The molecule has 0 aliphatic heterocycles. The van der Waals surface area contributed by atoms with E-state index in [0.717, 1.165) is 16.3 Å². The van der Waals surface area contributed by atoms with Crippen LogP contribution in [-0.4, -0.2) is 24.3 Å². The van der Waals surface area contributed by atoms with E-state index in [1.165, 1.54) is 6.07 Å². The second-order valence-electron chi connectivity index (χ2n) is 7.43. The van der Waals surface area contributed by atoms with Gasteiger partial charge in [-0.05, 0) is 48.0 Å². The number of hydrogen-bond acceptors (Lipinski definition) is 4. The summed E-state index contributed by atoms with van der Waals surface area (Å²) in [6.45, 7) is 1.58. The van der Waals surface area contributed by atoms with Crippen molar-refractivity contribution < 1.29 is 19.1 Å². The SMILES string of the molecule is Cc1ccc(C(=O)Nc2cccc(C(=O)OCC(=O)c3cccc4ccccc34)c2)cc1. The van der Waals surface area contributed by atoms with Crippen LogP contribution < -0.4 is 5.32 Å². The number of nitrogens with one attached hydrogen (secondary N) is 1. The number of carbonyl (C=O) groups is 3. The summed E-state index contributed by atoms with van der Waals surface area (Å²) >= 11 is 0. The fourth-order valence-electron chi connectivity index (χ4n) is 3.39. The molecule has 1 amide bonds. The van der Waals surface area contributed by atoms with Crippen LogP contribution in [0.2, 0.25) is 0 Å². The molecule has 0 heterocycles. The van der Waals surface area contributed by atoms with Crippen LogP contribution in [0.5, 0.6) is 0 Å². The molecule has 1 N–H and O–H groups in total. The van der Waals surface area contributed by atoms with Crippen molar-refractivity contribution in [2.24, 2.45) is 0 Å². The number of benzene rings is 4. The van der Waals surface area contributed by atoms with E-state index in [9.17, 15) is 14.4 Å². The lowest BCUT2D eigenvalue weighted by molar-refractivity contribution is 0.0475. The van der Waals surface area contributed by atoms with Crippen molar-refractivity contribution in [1.82, 2.24) is 0 Å². The van der Waals surface area contributed by atoms with Gasteiger partial charge in [0.05, 0.1) is 5.56 Å². The average Bonchev–Trinajstić information content (AvgIpc) is 2.82. The molecule has 0 atom stereocenters. The summed E-state index contributed by atoms with van der Waals surface area (Å²) in [7, 11) is 0. The van der Waals surface area contributed by atoms with Gasteiger partial charge in [-0.15, -0.1) is 0 Å². The highest BCUT2D eigenvalue weighted by Crippen LogP contribution is 2.19. The van der Waals surface area contributed by atoms with Crippen LogP contribution >= 0.6 is 0 Å². The summed E-state index contributed by atoms with van der Waals surface area (Å²) in [6.07, 6.45) is 0. The molecule has 0 saturated carbocycles. The fraction of sp³-hybridized carbons (Fsp3) is 0.0741. The maximum Gasteiger partial charge on any atom is 0.338 e. The topological polar surface area (TPSA) is 72.5 Å². The number of Topliss-reactive ketones (excluding diaryl/α,β-unsaturated/α-hetero) is 1. The Labute approximate surface area is 185 Å². The molecular weight excluding hydrogens is 402 g/mol. The predicted octanol–water partition coefficient (Wildman–Crippen LogP) is 5.44. The lowest BCUT2D eigenvalue weighted by Crippen LogP contribution is -2.15. The summed E-state index contributed by atoms with van der Waals surface area (Å²) < 4.78 is 5.25. The number of esters is 1. The Bertz CT molecular complexity index is 1300. The molecule has 0 spiro atoms. The highest BCUT2D eigenvalue weighted by atomic mass is 16.5. The molecule has 0 aliphatic rings. The summed E-state index contributed by atoms with van der Waals surface area (Å²) in [5.74, 6) is -1.19. The first kappa shape index (κ1) is 21.0. The molecule has 5 heteroatoms. The van der Waals surface area contributed by atoms with Crippen LogP contribution in [0.15, 0.2) is 91.0 Å². The number of aryl methyl sites for hydroxylation is 1. The van der Waals surface area contributed by atoms with Crippen molar-refractivity contribution in [3.8, 4) is 0 Å². The number of ketones is 1. The number of fused-ring (bicyclic) bond motifs is 1. The zero-order valence-corrected chi connectivity index (χ0v) is 17.5. The summed E-state index contributed by atoms with van der Waals surface area (Å²) in [5.41, 5.74) is 2.80. The molecule has 0 saturated heterocycles. The number of ether oxygens (including phenoxy) is 1. The molecule has 4 aromatic carbocycles. The molecule has 158 valence electrons. The van der Waals surface area contributed by atoms with E-state index in [-0.39, 0.29) is 23.9 Å². The van der Waals surface area contributed by atoms with Gasteiger partial charge in [-0.1, -0.05) is 66.2 Å². The van der Waals surface area contributed by atoms with Gasteiger partial charge in [0.1, 0.15) is 0 Å². The van der Waals surface area contributed by atoms with E-state index in [1.807, 2.05) is 49.4 Å². The van der Waals surface area contributed by atoms with Gasteiger partial charge in [-0.2, -0.15) is 0 Å². The van der Waals surface area contributed by atoms with Crippen LogP contribution in [0, 0.1) is 6.92 Å². The third-order valence-electron chi connectivity index (χ3n) is 5.09. The maximum atomic E-state index is 12.7. The van der Waals surface area contributed by atoms with E-state index in [4.69, 9.17) is 4.74 Å². The number of hydrogen-bond donors (Lipinski definition) is 1. The third kappa shape index (κ3) is 4.73. The lowest BCUT2D eigenvalue weighted by Gasteiger charge is -2.09. The highest BCUT2D eigenvalue weighted by molar-refractivity contribution is 6.09. The molecular formula is C27H21NO4. The number of amides is 1. The number of rotatable bonds is 6. The van der Waals surface area contributed by atoms with Gasteiger partial charge < -0.3 is 10.1 Å². The van der Waals surface area contributed by atoms with E-state index >= 15 is 0 Å². The third-order valence-corrected chi connectivity index (χ3v) is 5.09. The molecule has 0 fully saturated rings. The van der Waals surface area contributed by atoms with Crippen LogP contribution in [0.3, 0.4) is 0 Å². The Morgan fingerprint density at radius 2 is 1.50 bits per heavy atom. The van der Waals surface area contributed by atoms with Crippen molar-refractivity contribution >= 4 is 34.1 Å². The van der Waals surface area contributed by atoms with Gasteiger partial charge in [-0.3, -0.25) is 9.59 Å². The smallest absolute Gasteiger partial charge is 0.338 e. The van der Waals surface area contributed by atoms with Gasteiger partial charge in [0.25, 0.3) is 5.91 Å². The Hall–Kier alpha value is -4.25. The molecule has 0 bridgehead atoms. The first-order valence-electron chi connectivity index (χ1n) is 10.2. The number of carbonyl (C=O) groups excluding carboxylic acids is 3. The molecule has 5 nitrogen and oxygen atoms in total. The zero-order valence-electron chi connectivity index (χ0n) is 17.5. The minimum absolute atomic E-state index is 0.248. The Morgan fingerprint density at radius 1 is 0.781 bits per heavy atom. The highest BCUT2D eigenvalue weighted by Gasteiger charge is 2.15.